The zero-order valence-corrected chi connectivity index (χ0v) is 11.7. The molecule has 1 heterocycles. The lowest BCUT2D eigenvalue weighted by molar-refractivity contribution is 0.282. The molecule has 0 fully saturated rings. The van der Waals surface area contributed by atoms with Crippen molar-refractivity contribution in [3.63, 3.8) is 0 Å². The lowest BCUT2D eigenvalue weighted by Gasteiger charge is -2.12. The first-order chi connectivity index (χ1) is 9.77. The van der Waals surface area contributed by atoms with E-state index in [1.807, 2.05) is 34.9 Å². The van der Waals surface area contributed by atoms with E-state index in [4.69, 9.17) is 10.8 Å². The molecule has 0 saturated carbocycles. The highest BCUT2D eigenvalue weighted by molar-refractivity contribution is 5.79. The molecule has 2 aromatic rings. The van der Waals surface area contributed by atoms with E-state index in [0.29, 0.717) is 12.1 Å². The van der Waals surface area contributed by atoms with E-state index in [0.717, 1.165) is 36.6 Å². The van der Waals surface area contributed by atoms with Gasteiger partial charge in [0.15, 0.2) is 0 Å². The average Bonchev–Trinajstić information content (AvgIpc) is 2.48. The summed E-state index contributed by atoms with van der Waals surface area (Å²) in [6.45, 7) is 1.22. The van der Waals surface area contributed by atoms with Crippen LogP contribution in [0.25, 0.3) is 10.9 Å². The molecule has 0 aliphatic carbocycles. The molecule has 0 unspecified atom stereocenters. The number of benzene rings is 1. The van der Waals surface area contributed by atoms with Crippen LogP contribution < -0.4 is 11.3 Å². The maximum absolute atomic E-state index is 12.4. The molecule has 108 valence electrons. The smallest absolute Gasteiger partial charge is 0.255 e. The number of unbranched alkanes of at least 4 members (excludes halogenated alkanes) is 3. The second-order valence-electron chi connectivity index (χ2n) is 5.03. The van der Waals surface area contributed by atoms with Crippen LogP contribution in [0.4, 0.5) is 0 Å². The second kappa shape index (κ2) is 7.22. The molecule has 0 radical (unpaired) electrons. The van der Waals surface area contributed by atoms with Gasteiger partial charge in [0.2, 0.25) is 0 Å². The molecule has 1 aromatic heterocycles. The molecule has 0 bridgehead atoms. The highest BCUT2D eigenvalue weighted by Crippen LogP contribution is 2.14. The van der Waals surface area contributed by atoms with E-state index in [1.54, 1.807) is 0 Å². The number of aryl methyl sites for hydroxylation is 1. The summed E-state index contributed by atoms with van der Waals surface area (Å²) in [6.07, 6.45) is 3.80. The van der Waals surface area contributed by atoms with E-state index in [2.05, 4.69) is 0 Å². The van der Waals surface area contributed by atoms with Crippen LogP contribution in [0.15, 0.2) is 35.1 Å². The van der Waals surface area contributed by atoms with Crippen LogP contribution in [-0.4, -0.2) is 16.3 Å². The first-order valence-electron chi connectivity index (χ1n) is 7.20. The fourth-order valence-electron chi connectivity index (χ4n) is 2.49. The van der Waals surface area contributed by atoms with Gasteiger partial charge in [0.05, 0.1) is 5.52 Å². The van der Waals surface area contributed by atoms with Crippen LogP contribution in [0.2, 0.25) is 0 Å². The van der Waals surface area contributed by atoms with Gasteiger partial charge in [-0.25, -0.2) is 0 Å². The van der Waals surface area contributed by atoms with Gasteiger partial charge in [-0.1, -0.05) is 31.0 Å². The number of aliphatic hydroxyl groups is 1. The van der Waals surface area contributed by atoms with E-state index < -0.39 is 0 Å². The van der Waals surface area contributed by atoms with Gasteiger partial charge < -0.3 is 15.4 Å². The fourth-order valence-corrected chi connectivity index (χ4v) is 2.49. The fraction of sp³-hybridized carbons (Fsp3) is 0.438. The molecule has 0 aliphatic heterocycles. The first-order valence-corrected chi connectivity index (χ1v) is 7.20. The van der Waals surface area contributed by atoms with Crippen molar-refractivity contribution >= 4 is 10.9 Å². The predicted molar refractivity (Wildman–Crippen MR) is 81.7 cm³/mol. The number of pyridine rings is 1. The van der Waals surface area contributed by atoms with Crippen molar-refractivity contribution in [3.05, 3.63) is 46.2 Å². The second-order valence-corrected chi connectivity index (χ2v) is 5.03. The highest BCUT2D eigenvalue weighted by Gasteiger charge is 2.07. The Bertz CT molecular complexity index is 619. The van der Waals surface area contributed by atoms with E-state index in [9.17, 15) is 4.79 Å². The molecule has 4 heteroatoms. The van der Waals surface area contributed by atoms with Crippen molar-refractivity contribution in [2.45, 2.75) is 38.8 Å². The zero-order valence-electron chi connectivity index (χ0n) is 11.7. The van der Waals surface area contributed by atoms with Crippen molar-refractivity contribution in [1.29, 1.82) is 0 Å². The topological polar surface area (TPSA) is 68.2 Å². The van der Waals surface area contributed by atoms with Crippen LogP contribution in [0.1, 0.15) is 31.2 Å². The maximum atomic E-state index is 12.4. The van der Waals surface area contributed by atoms with E-state index >= 15 is 0 Å². The minimum absolute atomic E-state index is 0.0216. The molecule has 0 aliphatic rings. The Morgan fingerprint density at radius 1 is 1.10 bits per heavy atom. The monoisotopic (exact) mass is 274 g/mol. The first kappa shape index (κ1) is 14.8. The third-order valence-electron chi connectivity index (χ3n) is 3.59. The number of fused-ring (bicyclic) bond motifs is 1. The summed E-state index contributed by atoms with van der Waals surface area (Å²) in [5.41, 5.74) is 7.32. The average molecular weight is 274 g/mol. The maximum Gasteiger partial charge on any atom is 0.255 e. The quantitative estimate of drug-likeness (QED) is 0.759. The summed E-state index contributed by atoms with van der Waals surface area (Å²) in [7, 11) is 0. The number of nitrogens with zero attached hydrogens (tertiary/aromatic N) is 1. The standard InChI is InChI=1S/C16H22N2O2/c17-12-14-11-13-7-3-4-8-15(13)18(16(14)20)9-5-1-2-6-10-19/h3-4,7-8,11,19H,1-2,5-6,9-10,12,17H2. The molecule has 2 rings (SSSR count). The lowest BCUT2D eigenvalue weighted by Crippen LogP contribution is -2.25. The van der Waals surface area contributed by atoms with Gasteiger partial charge in [0, 0.05) is 25.3 Å². The van der Waals surface area contributed by atoms with Gasteiger partial charge in [-0.3, -0.25) is 4.79 Å². The van der Waals surface area contributed by atoms with Gasteiger partial charge >= 0.3 is 0 Å². The van der Waals surface area contributed by atoms with Crippen molar-refractivity contribution in [2.75, 3.05) is 6.61 Å². The Balaban J connectivity index is 2.25. The largest absolute Gasteiger partial charge is 0.396 e. The Hall–Kier alpha value is -1.65. The number of hydrogen-bond acceptors (Lipinski definition) is 3. The number of para-hydroxylation sites is 1. The Morgan fingerprint density at radius 3 is 2.60 bits per heavy atom. The number of hydrogen-bond donors (Lipinski definition) is 2. The van der Waals surface area contributed by atoms with Gasteiger partial charge in [-0.2, -0.15) is 0 Å². The summed E-state index contributed by atoms with van der Waals surface area (Å²) >= 11 is 0. The number of aromatic nitrogens is 1. The van der Waals surface area contributed by atoms with E-state index in [-0.39, 0.29) is 18.7 Å². The molecule has 0 spiro atoms. The normalized spacial score (nSPS) is 11.1. The molecule has 20 heavy (non-hydrogen) atoms. The van der Waals surface area contributed by atoms with Crippen LogP contribution in [-0.2, 0) is 13.1 Å². The highest BCUT2D eigenvalue weighted by atomic mass is 16.2. The molecular weight excluding hydrogens is 252 g/mol. The van der Waals surface area contributed by atoms with Crippen LogP contribution in [0.5, 0.6) is 0 Å². The summed E-state index contributed by atoms with van der Waals surface area (Å²) in [4.78, 5) is 12.4. The molecule has 0 saturated heterocycles. The molecular formula is C16H22N2O2. The minimum atomic E-state index is 0.0216. The van der Waals surface area contributed by atoms with Crippen molar-refractivity contribution in [3.8, 4) is 0 Å². The van der Waals surface area contributed by atoms with Gasteiger partial charge in [0.1, 0.15) is 0 Å². The van der Waals surface area contributed by atoms with Crippen LogP contribution in [0.3, 0.4) is 0 Å². The van der Waals surface area contributed by atoms with Crippen molar-refractivity contribution in [2.24, 2.45) is 5.73 Å². The Morgan fingerprint density at radius 2 is 1.85 bits per heavy atom. The third-order valence-corrected chi connectivity index (χ3v) is 3.59. The third kappa shape index (κ3) is 3.26. The van der Waals surface area contributed by atoms with Gasteiger partial charge in [-0.05, 0) is 30.4 Å². The number of aliphatic hydroxyl groups excluding tert-OH is 1. The van der Waals surface area contributed by atoms with Gasteiger partial charge in [0.25, 0.3) is 5.56 Å². The predicted octanol–water partition coefficient (Wildman–Crippen LogP) is 2.01. The number of nitrogens with two attached hydrogens (primary N) is 1. The molecule has 4 nitrogen and oxygen atoms in total. The lowest BCUT2D eigenvalue weighted by atomic mass is 10.1. The van der Waals surface area contributed by atoms with Crippen LogP contribution >= 0.6 is 0 Å². The number of rotatable bonds is 7. The van der Waals surface area contributed by atoms with E-state index in [1.165, 1.54) is 0 Å². The van der Waals surface area contributed by atoms with Crippen molar-refractivity contribution in [1.82, 2.24) is 4.57 Å². The zero-order chi connectivity index (χ0) is 14.4. The summed E-state index contributed by atoms with van der Waals surface area (Å²) in [5, 5.41) is 9.83. The SMILES string of the molecule is NCc1cc2ccccc2n(CCCCCCO)c1=O. The van der Waals surface area contributed by atoms with Gasteiger partial charge in [-0.15, -0.1) is 0 Å². The summed E-state index contributed by atoms with van der Waals surface area (Å²) < 4.78 is 1.83. The van der Waals surface area contributed by atoms with Crippen LogP contribution in [0, 0.1) is 0 Å². The Kier molecular flexibility index (Phi) is 5.32. The molecule has 0 atom stereocenters. The molecule has 0 amide bonds. The molecule has 3 N–H and O–H groups in total. The minimum Gasteiger partial charge on any atom is -0.396 e. The van der Waals surface area contributed by atoms with Crippen molar-refractivity contribution < 1.29 is 5.11 Å². The summed E-state index contributed by atoms with van der Waals surface area (Å²) in [5.74, 6) is 0. The summed E-state index contributed by atoms with van der Waals surface area (Å²) in [6, 6.07) is 9.80. The molecule has 1 aromatic carbocycles. The Labute approximate surface area is 118 Å².